The number of ketones is 1. The maximum Gasteiger partial charge on any atom is 0.161 e. The molecule has 0 saturated heterocycles. The van der Waals surface area contributed by atoms with Crippen molar-refractivity contribution in [2.75, 3.05) is 5.73 Å². The summed E-state index contributed by atoms with van der Waals surface area (Å²) in [5.41, 5.74) is 10.9. The molecule has 2 N–H and O–H groups in total. The molecule has 2 rings (SSSR count). The quantitative estimate of drug-likeness (QED) is 0.515. The lowest BCUT2D eigenvalue weighted by Gasteiger charge is -2.07. The van der Waals surface area contributed by atoms with Crippen LogP contribution in [0.4, 0.5) is 5.69 Å². The Kier molecular flexibility index (Phi) is 4.50. The van der Waals surface area contributed by atoms with Gasteiger partial charge in [-0.2, -0.15) is 0 Å². The van der Waals surface area contributed by atoms with Crippen LogP contribution in [0.1, 0.15) is 34.0 Å². The molecule has 0 radical (unpaired) electrons. The minimum absolute atomic E-state index is 0.00774. The van der Waals surface area contributed by atoms with Crippen LogP contribution in [0, 0.1) is 13.8 Å². The monoisotopic (exact) mass is 285 g/mol. The zero-order valence-corrected chi connectivity index (χ0v) is 12.9. The number of thioether (sulfide) groups is 1. The van der Waals surface area contributed by atoms with Crippen molar-refractivity contribution < 1.29 is 4.79 Å². The fourth-order valence-corrected chi connectivity index (χ4v) is 3.14. The average Bonchev–Trinajstić information content (AvgIpc) is 2.35. The second kappa shape index (κ2) is 6.14. The molecule has 0 aliphatic rings. The van der Waals surface area contributed by atoms with Gasteiger partial charge in [-0.25, -0.2) is 0 Å². The number of hydrogen-bond donors (Lipinski definition) is 1. The van der Waals surface area contributed by atoms with Crippen LogP contribution in [0.3, 0.4) is 0 Å². The molecule has 0 saturated carbocycles. The molecule has 0 amide bonds. The van der Waals surface area contributed by atoms with Crippen LogP contribution in [-0.2, 0) is 5.75 Å². The first-order chi connectivity index (χ1) is 9.45. The maximum atomic E-state index is 11.3. The van der Waals surface area contributed by atoms with Crippen LogP contribution >= 0.6 is 11.8 Å². The van der Waals surface area contributed by atoms with Crippen molar-refractivity contribution in [3.8, 4) is 0 Å². The zero-order valence-electron chi connectivity index (χ0n) is 12.1. The molecule has 104 valence electrons. The molecule has 0 spiro atoms. The lowest BCUT2D eigenvalue weighted by Crippen LogP contribution is -1.99. The van der Waals surface area contributed by atoms with Gasteiger partial charge in [0.05, 0.1) is 0 Å². The van der Waals surface area contributed by atoms with E-state index in [1.165, 1.54) is 23.6 Å². The number of hydrogen-bond acceptors (Lipinski definition) is 3. The van der Waals surface area contributed by atoms with Gasteiger partial charge in [0.25, 0.3) is 0 Å². The predicted octanol–water partition coefficient (Wildman–Crippen LogP) is 4.38. The summed E-state index contributed by atoms with van der Waals surface area (Å²) in [6, 6.07) is 12.2. The highest BCUT2D eigenvalue weighted by Gasteiger charge is 2.06. The number of anilines is 1. The summed E-state index contributed by atoms with van der Waals surface area (Å²) < 4.78 is 0. The molecule has 0 aromatic heterocycles. The van der Waals surface area contributed by atoms with E-state index in [-0.39, 0.29) is 5.78 Å². The normalized spacial score (nSPS) is 10.6. The minimum Gasteiger partial charge on any atom is -0.398 e. The number of aryl methyl sites for hydroxylation is 2. The first kappa shape index (κ1) is 14.7. The lowest BCUT2D eigenvalue weighted by atomic mass is 10.1. The summed E-state index contributed by atoms with van der Waals surface area (Å²) in [7, 11) is 0. The summed E-state index contributed by atoms with van der Waals surface area (Å²) in [4.78, 5) is 12.4. The van der Waals surface area contributed by atoms with E-state index in [9.17, 15) is 4.79 Å². The molecule has 0 aliphatic heterocycles. The molecule has 0 unspecified atom stereocenters. The third kappa shape index (κ3) is 3.64. The van der Waals surface area contributed by atoms with Crippen molar-refractivity contribution in [2.45, 2.75) is 31.4 Å². The maximum absolute atomic E-state index is 11.3. The van der Waals surface area contributed by atoms with Crippen LogP contribution in [-0.4, -0.2) is 5.78 Å². The molecule has 20 heavy (non-hydrogen) atoms. The Bertz CT molecular complexity index is 629. The Labute approximate surface area is 124 Å². The van der Waals surface area contributed by atoms with E-state index in [1.54, 1.807) is 11.8 Å². The number of benzene rings is 2. The molecule has 2 nitrogen and oxygen atoms in total. The SMILES string of the molecule is CC(=O)c1ccc(SCc2cc(C)cc(C)c2)cc1N. The second-order valence-corrected chi connectivity index (χ2v) is 6.14. The first-order valence-electron chi connectivity index (χ1n) is 6.56. The van der Waals surface area contributed by atoms with Gasteiger partial charge in [0.1, 0.15) is 0 Å². The Morgan fingerprint density at radius 2 is 1.75 bits per heavy atom. The van der Waals surface area contributed by atoms with Crippen LogP contribution in [0.5, 0.6) is 0 Å². The van der Waals surface area contributed by atoms with Gasteiger partial charge < -0.3 is 5.73 Å². The largest absolute Gasteiger partial charge is 0.398 e. The van der Waals surface area contributed by atoms with E-state index in [2.05, 4.69) is 32.0 Å². The van der Waals surface area contributed by atoms with Crippen LogP contribution in [0.15, 0.2) is 41.3 Å². The van der Waals surface area contributed by atoms with Crippen molar-refractivity contribution in [3.63, 3.8) is 0 Å². The number of rotatable bonds is 4. The summed E-state index contributed by atoms with van der Waals surface area (Å²) >= 11 is 1.73. The molecular weight excluding hydrogens is 266 g/mol. The fourth-order valence-electron chi connectivity index (χ4n) is 2.27. The van der Waals surface area contributed by atoms with E-state index in [1.807, 2.05) is 18.2 Å². The van der Waals surface area contributed by atoms with Gasteiger partial charge in [-0.05, 0) is 44.5 Å². The fraction of sp³-hybridized carbons (Fsp3) is 0.235. The minimum atomic E-state index is 0.00774. The van der Waals surface area contributed by atoms with E-state index < -0.39 is 0 Å². The third-order valence-electron chi connectivity index (χ3n) is 3.09. The molecule has 0 aliphatic carbocycles. The van der Waals surface area contributed by atoms with Crippen molar-refractivity contribution in [2.24, 2.45) is 0 Å². The molecule has 0 heterocycles. The van der Waals surface area contributed by atoms with E-state index in [0.717, 1.165) is 10.6 Å². The van der Waals surface area contributed by atoms with Gasteiger partial charge >= 0.3 is 0 Å². The molecule has 2 aromatic rings. The third-order valence-corrected chi connectivity index (χ3v) is 4.15. The number of nitrogen functional groups attached to an aromatic ring is 1. The van der Waals surface area contributed by atoms with Gasteiger partial charge in [0, 0.05) is 21.9 Å². The van der Waals surface area contributed by atoms with E-state index >= 15 is 0 Å². The second-order valence-electron chi connectivity index (χ2n) is 5.09. The molecule has 0 bridgehead atoms. The summed E-state index contributed by atoms with van der Waals surface area (Å²) in [5.74, 6) is 0.912. The molecular formula is C17H19NOS. The van der Waals surface area contributed by atoms with Crippen LogP contribution in [0.2, 0.25) is 0 Å². The van der Waals surface area contributed by atoms with Crippen molar-refractivity contribution in [1.29, 1.82) is 0 Å². The highest BCUT2D eigenvalue weighted by atomic mass is 32.2. The van der Waals surface area contributed by atoms with E-state index in [4.69, 9.17) is 5.73 Å². The summed E-state index contributed by atoms with van der Waals surface area (Å²) in [5, 5.41) is 0. The Morgan fingerprint density at radius 1 is 1.10 bits per heavy atom. The molecule has 0 atom stereocenters. The van der Waals surface area contributed by atoms with Crippen LogP contribution in [0.25, 0.3) is 0 Å². The van der Waals surface area contributed by atoms with Crippen molar-refractivity contribution in [1.82, 2.24) is 0 Å². The Balaban J connectivity index is 2.11. The van der Waals surface area contributed by atoms with Gasteiger partial charge in [0.2, 0.25) is 0 Å². The summed E-state index contributed by atoms with van der Waals surface area (Å²) in [6.45, 7) is 5.76. The molecule has 2 aromatic carbocycles. The lowest BCUT2D eigenvalue weighted by molar-refractivity contribution is 0.101. The molecule has 0 fully saturated rings. The summed E-state index contributed by atoms with van der Waals surface area (Å²) in [6.07, 6.45) is 0. The number of carbonyl (C=O) groups excluding carboxylic acids is 1. The molecule has 3 heteroatoms. The van der Waals surface area contributed by atoms with Crippen LogP contribution < -0.4 is 5.73 Å². The van der Waals surface area contributed by atoms with Crippen molar-refractivity contribution >= 4 is 23.2 Å². The van der Waals surface area contributed by atoms with Gasteiger partial charge in [-0.15, -0.1) is 11.8 Å². The van der Waals surface area contributed by atoms with Gasteiger partial charge in [-0.1, -0.05) is 29.3 Å². The highest BCUT2D eigenvalue weighted by Crippen LogP contribution is 2.27. The average molecular weight is 285 g/mol. The number of Topliss-reactive ketones (excluding diaryl/α,β-unsaturated/α-hetero) is 1. The standard InChI is InChI=1S/C17H19NOS/c1-11-6-12(2)8-14(7-11)10-20-15-4-5-16(13(3)19)17(18)9-15/h4-9H,10,18H2,1-3H3. The van der Waals surface area contributed by atoms with E-state index in [0.29, 0.717) is 11.3 Å². The predicted molar refractivity (Wildman–Crippen MR) is 86.3 cm³/mol. The highest BCUT2D eigenvalue weighted by molar-refractivity contribution is 7.98. The van der Waals surface area contributed by atoms with Gasteiger partial charge in [0.15, 0.2) is 5.78 Å². The Hall–Kier alpha value is -1.74. The smallest absolute Gasteiger partial charge is 0.161 e. The number of carbonyl (C=O) groups is 1. The zero-order chi connectivity index (χ0) is 14.7. The Morgan fingerprint density at radius 3 is 2.30 bits per heavy atom. The number of nitrogens with two attached hydrogens (primary N) is 1. The first-order valence-corrected chi connectivity index (χ1v) is 7.54. The van der Waals surface area contributed by atoms with Crippen molar-refractivity contribution in [3.05, 3.63) is 58.7 Å². The van der Waals surface area contributed by atoms with Gasteiger partial charge in [-0.3, -0.25) is 4.79 Å². The topological polar surface area (TPSA) is 43.1 Å².